The van der Waals surface area contributed by atoms with Gasteiger partial charge in [0.15, 0.2) is 0 Å². The number of alkyl halides is 1. The Morgan fingerprint density at radius 2 is 2.06 bits per heavy atom. The third-order valence-corrected chi connectivity index (χ3v) is 6.14. The second-order valence-electron chi connectivity index (χ2n) is 4.05. The molecule has 90 valence electrons. The van der Waals surface area contributed by atoms with E-state index < -0.39 is 0 Å². The van der Waals surface area contributed by atoms with Crippen molar-refractivity contribution >= 4 is 65.0 Å². The summed E-state index contributed by atoms with van der Waals surface area (Å²) in [6.07, 6.45) is 0. The second-order valence-corrected chi connectivity index (χ2v) is 8.36. The molecule has 0 saturated carbocycles. The summed E-state index contributed by atoms with van der Waals surface area (Å²) in [5.74, 6) is 0.0262. The van der Waals surface area contributed by atoms with Crippen LogP contribution in [0, 0.1) is 0 Å². The number of amides is 1. The minimum absolute atomic E-state index is 0.0262. The van der Waals surface area contributed by atoms with Crippen molar-refractivity contribution in [3.05, 3.63) is 19.2 Å². The van der Waals surface area contributed by atoms with E-state index in [-0.39, 0.29) is 11.4 Å². The van der Waals surface area contributed by atoms with Crippen LogP contribution in [0.1, 0.15) is 24.2 Å². The van der Waals surface area contributed by atoms with Crippen LogP contribution >= 0.6 is 59.1 Å². The summed E-state index contributed by atoms with van der Waals surface area (Å²) in [7, 11) is 1.82. The van der Waals surface area contributed by atoms with E-state index >= 15 is 0 Å². The predicted molar refractivity (Wildman–Crippen MR) is 79.7 cm³/mol. The molecule has 0 aliphatic heterocycles. The molecular weight excluding hydrogens is 422 g/mol. The highest BCUT2D eigenvalue weighted by atomic mass is 79.9. The zero-order chi connectivity index (χ0) is 12.5. The molecule has 0 aliphatic carbocycles. The summed E-state index contributed by atoms with van der Waals surface area (Å²) in [6.45, 7) is 4.05. The highest BCUT2D eigenvalue weighted by molar-refractivity contribution is 9.12. The Morgan fingerprint density at radius 3 is 2.44 bits per heavy atom. The van der Waals surface area contributed by atoms with Crippen LogP contribution in [-0.4, -0.2) is 28.7 Å². The van der Waals surface area contributed by atoms with Crippen LogP contribution in [-0.2, 0) is 0 Å². The molecule has 16 heavy (non-hydrogen) atoms. The van der Waals surface area contributed by atoms with Crippen LogP contribution in [0.15, 0.2) is 13.6 Å². The van der Waals surface area contributed by atoms with Gasteiger partial charge in [-0.05, 0) is 51.8 Å². The topological polar surface area (TPSA) is 20.3 Å². The SMILES string of the molecule is CN(C(=O)c1cc(Br)sc1Br)C(C)(C)CBr. The molecule has 0 fully saturated rings. The van der Waals surface area contributed by atoms with Gasteiger partial charge >= 0.3 is 0 Å². The standard InChI is InChI=1S/C10H12Br3NOS/c1-10(2,5-11)14(3)9(15)6-4-7(12)16-8(6)13/h4H,5H2,1-3H3. The van der Waals surface area contributed by atoms with Gasteiger partial charge in [-0.1, -0.05) is 15.9 Å². The van der Waals surface area contributed by atoms with Gasteiger partial charge in [-0.3, -0.25) is 4.79 Å². The highest BCUT2D eigenvalue weighted by Gasteiger charge is 2.28. The maximum absolute atomic E-state index is 12.2. The fourth-order valence-corrected chi connectivity index (χ4v) is 4.19. The van der Waals surface area contributed by atoms with E-state index in [9.17, 15) is 4.79 Å². The van der Waals surface area contributed by atoms with Crippen molar-refractivity contribution in [2.24, 2.45) is 0 Å². The van der Waals surface area contributed by atoms with Gasteiger partial charge < -0.3 is 4.90 Å². The summed E-state index contributed by atoms with van der Waals surface area (Å²) >= 11 is 11.7. The van der Waals surface area contributed by atoms with Crippen LogP contribution in [0.2, 0.25) is 0 Å². The molecule has 0 N–H and O–H groups in total. The summed E-state index contributed by atoms with van der Waals surface area (Å²) in [4.78, 5) is 14.0. The summed E-state index contributed by atoms with van der Waals surface area (Å²) in [5.41, 5.74) is 0.499. The van der Waals surface area contributed by atoms with E-state index in [1.807, 2.05) is 27.0 Å². The number of nitrogens with zero attached hydrogens (tertiary/aromatic N) is 1. The van der Waals surface area contributed by atoms with Crippen molar-refractivity contribution in [3.63, 3.8) is 0 Å². The van der Waals surface area contributed by atoms with E-state index in [1.165, 1.54) is 11.3 Å². The van der Waals surface area contributed by atoms with Crippen molar-refractivity contribution < 1.29 is 4.79 Å². The molecule has 6 heteroatoms. The van der Waals surface area contributed by atoms with E-state index in [2.05, 4.69) is 47.8 Å². The monoisotopic (exact) mass is 431 g/mol. The molecule has 0 bridgehead atoms. The number of hydrogen-bond donors (Lipinski definition) is 0. The van der Waals surface area contributed by atoms with Crippen molar-refractivity contribution in [1.29, 1.82) is 0 Å². The smallest absolute Gasteiger partial charge is 0.256 e. The first-order valence-corrected chi connectivity index (χ1v) is 8.11. The zero-order valence-corrected chi connectivity index (χ0v) is 14.8. The van der Waals surface area contributed by atoms with Crippen LogP contribution in [0.25, 0.3) is 0 Å². The average molecular weight is 434 g/mol. The molecule has 1 heterocycles. The molecule has 1 aromatic rings. The minimum Gasteiger partial charge on any atom is -0.336 e. The van der Waals surface area contributed by atoms with Gasteiger partial charge in [-0.25, -0.2) is 0 Å². The normalized spacial score (nSPS) is 11.6. The van der Waals surface area contributed by atoms with E-state index in [4.69, 9.17) is 0 Å². The summed E-state index contributed by atoms with van der Waals surface area (Å²) in [5, 5.41) is 0.741. The lowest BCUT2D eigenvalue weighted by atomic mass is 10.1. The lowest BCUT2D eigenvalue weighted by Crippen LogP contribution is -2.46. The van der Waals surface area contributed by atoms with Gasteiger partial charge in [0.2, 0.25) is 0 Å². The Kier molecular flexibility index (Phi) is 5.04. The Labute approximate surface area is 125 Å². The number of carbonyl (C=O) groups excluding carboxylic acids is 1. The quantitative estimate of drug-likeness (QED) is 0.642. The molecule has 0 radical (unpaired) electrons. The van der Waals surface area contributed by atoms with Gasteiger partial charge in [0, 0.05) is 17.9 Å². The molecule has 0 saturated heterocycles. The van der Waals surface area contributed by atoms with Gasteiger partial charge in [-0.15, -0.1) is 11.3 Å². The van der Waals surface area contributed by atoms with E-state index in [1.54, 1.807) is 4.90 Å². The third-order valence-electron chi connectivity index (χ3n) is 2.43. The molecule has 1 rings (SSSR count). The van der Waals surface area contributed by atoms with Gasteiger partial charge in [-0.2, -0.15) is 0 Å². The van der Waals surface area contributed by atoms with Crippen molar-refractivity contribution in [1.82, 2.24) is 4.90 Å². The van der Waals surface area contributed by atoms with Gasteiger partial charge in [0.1, 0.15) is 0 Å². The molecule has 0 aliphatic rings. The Bertz CT molecular complexity index is 403. The van der Waals surface area contributed by atoms with E-state index in [0.717, 1.165) is 12.9 Å². The van der Waals surface area contributed by atoms with Gasteiger partial charge in [0.25, 0.3) is 5.91 Å². The van der Waals surface area contributed by atoms with Crippen LogP contribution in [0.4, 0.5) is 0 Å². The molecule has 1 amide bonds. The Balaban J connectivity index is 2.99. The Hall–Kier alpha value is 0.610. The molecule has 2 nitrogen and oxygen atoms in total. The minimum atomic E-state index is -0.203. The fourth-order valence-electron chi connectivity index (χ4n) is 1.03. The molecule has 0 unspecified atom stereocenters. The van der Waals surface area contributed by atoms with E-state index in [0.29, 0.717) is 5.56 Å². The number of thiophene rings is 1. The molecule has 0 atom stereocenters. The first kappa shape index (κ1) is 14.7. The average Bonchev–Trinajstić information content (AvgIpc) is 2.55. The maximum atomic E-state index is 12.2. The largest absolute Gasteiger partial charge is 0.336 e. The van der Waals surface area contributed by atoms with Crippen molar-refractivity contribution in [2.75, 3.05) is 12.4 Å². The fraction of sp³-hybridized carbons (Fsp3) is 0.500. The Morgan fingerprint density at radius 1 is 1.50 bits per heavy atom. The molecule has 1 aromatic heterocycles. The van der Waals surface area contributed by atoms with Crippen LogP contribution in [0.5, 0.6) is 0 Å². The second kappa shape index (κ2) is 5.50. The number of halogens is 3. The van der Waals surface area contributed by atoms with Crippen LogP contribution < -0.4 is 0 Å². The van der Waals surface area contributed by atoms with Crippen LogP contribution in [0.3, 0.4) is 0 Å². The van der Waals surface area contributed by atoms with Gasteiger partial charge in [0.05, 0.1) is 13.1 Å². The maximum Gasteiger partial charge on any atom is 0.256 e. The summed E-state index contributed by atoms with van der Waals surface area (Å²) < 4.78 is 1.81. The lowest BCUT2D eigenvalue weighted by Gasteiger charge is -2.34. The number of hydrogen-bond acceptors (Lipinski definition) is 2. The third kappa shape index (κ3) is 3.09. The molecular formula is C10H12Br3NOS. The van der Waals surface area contributed by atoms with Crippen molar-refractivity contribution in [3.8, 4) is 0 Å². The zero-order valence-electron chi connectivity index (χ0n) is 9.18. The summed E-state index contributed by atoms with van der Waals surface area (Å²) in [6, 6.07) is 1.85. The predicted octanol–water partition coefficient (Wildman–Crippen LogP) is 4.52. The highest BCUT2D eigenvalue weighted by Crippen LogP contribution is 2.33. The van der Waals surface area contributed by atoms with Crippen molar-refractivity contribution in [2.45, 2.75) is 19.4 Å². The molecule has 0 spiro atoms. The number of rotatable bonds is 3. The lowest BCUT2D eigenvalue weighted by molar-refractivity contribution is 0.0663. The number of carbonyl (C=O) groups is 1. The first-order valence-electron chi connectivity index (χ1n) is 4.58. The molecule has 0 aromatic carbocycles. The first-order chi connectivity index (χ1) is 7.29.